The normalized spacial score (nSPS) is 23.2. The third-order valence-corrected chi connectivity index (χ3v) is 7.04. The van der Waals surface area contributed by atoms with E-state index in [2.05, 4.69) is 52.4 Å². The van der Waals surface area contributed by atoms with Crippen molar-refractivity contribution in [1.82, 2.24) is 15.5 Å². The van der Waals surface area contributed by atoms with Gasteiger partial charge in [0.2, 0.25) is 5.91 Å². The number of benzene rings is 2. The van der Waals surface area contributed by atoms with Gasteiger partial charge in [0.05, 0.1) is 18.6 Å². The minimum absolute atomic E-state index is 0.0272. The maximum atomic E-state index is 13.1. The van der Waals surface area contributed by atoms with Gasteiger partial charge in [-0.25, -0.2) is 8.78 Å². The van der Waals surface area contributed by atoms with E-state index < -0.39 is 11.8 Å². The summed E-state index contributed by atoms with van der Waals surface area (Å²) < 4.78 is 31.7. The number of halogens is 2. The molecule has 1 saturated carbocycles. The van der Waals surface area contributed by atoms with Gasteiger partial charge in [-0.05, 0) is 47.2 Å². The highest BCUT2D eigenvalue weighted by molar-refractivity contribution is 5.79. The molecular weight excluding hydrogens is 436 g/mol. The van der Waals surface area contributed by atoms with E-state index in [1.54, 1.807) is 0 Å². The Hall–Kier alpha value is -2.93. The largest absolute Gasteiger partial charge is 0.493 e. The van der Waals surface area contributed by atoms with Gasteiger partial charge in [0.1, 0.15) is 5.75 Å². The Bertz CT molecular complexity index is 1070. The fourth-order valence-electron chi connectivity index (χ4n) is 4.69. The lowest BCUT2D eigenvalue weighted by Gasteiger charge is -2.29. The highest BCUT2D eigenvalue weighted by Crippen LogP contribution is 2.48. The molecule has 5 rings (SSSR count). The monoisotopic (exact) mass is 467 g/mol. The van der Waals surface area contributed by atoms with Gasteiger partial charge in [0.15, 0.2) is 0 Å². The Kier molecular flexibility index (Phi) is 6.30. The van der Waals surface area contributed by atoms with Crippen molar-refractivity contribution in [3.63, 3.8) is 0 Å². The topological polar surface area (TPSA) is 53.6 Å². The van der Waals surface area contributed by atoms with Gasteiger partial charge >= 0.3 is 0 Å². The van der Waals surface area contributed by atoms with Gasteiger partial charge < -0.3 is 15.4 Å². The van der Waals surface area contributed by atoms with Gasteiger partial charge in [-0.1, -0.05) is 36.9 Å². The molecule has 0 radical (unpaired) electrons. The van der Waals surface area contributed by atoms with Gasteiger partial charge in [-0.15, -0.1) is 0 Å². The third-order valence-electron chi connectivity index (χ3n) is 7.04. The highest BCUT2D eigenvalue weighted by atomic mass is 19.3. The first kappa shape index (κ1) is 22.8. The zero-order valence-corrected chi connectivity index (χ0v) is 19.3. The van der Waals surface area contributed by atoms with Crippen LogP contribution in [0, 0.1) is 5.92 Å². The smallest absolute Gasteiger partial charge is 0.255 e. The SMILES string of the molecule is C=C(NCc1ccc(CN2CCc3cc(OCC4CC4(F)F)ccc3C2)cc1)C1CCC(=O)N1. The molecule has 180 valence electrons. The molecule has 1 aliphatic carbocycles. The fraction of sp³-hybridized carbons (Fsp3) is 0.444. The Morgan fingerprint density at radius 3 is 2.62 bits per heavy atom. The summed E-state index contributed by atoms with van der Waals surface area (Å²) >= 11 is 0. The van der Waals surface area contributed by atoms with Crippen molar-refractivity contribution in [1.29, 1.82) is 0 Å². The van der Waals surface area contributed by atoms with Crippen LogP contribution >= 0.6 is 0 Å². The molecular formula is C27H31F2N3O2. The molecule has 3 aliphatic rings. The fourth-order valence-corrected chi connectivity index (χ4v) is 4.69. The van der Waals surface area contributed by atoms with Crippen molar-refractivity contribution in [2.45, 2.75) is 57.3 Å². The maximum absolute atomic E-state index is 13.1. The number of alkyl halides is 2. The van der Waals surface area contributed by atoms with Crippen molar-refractivity contribution < 1.29 is 18.3 Å². The highest BCUT2D eigenvalue weighted by Gasteiger charge is 2.57. The molecule has 5 nitrogen and oxygen atoms in total. The average Bonchev–Trinajstić information content (AvgIpc) is 3.21. The molecule has 2 fully saturated rings. The standard InChI is InChI=1S/C27H31F2N3O2/c1-18(25-8-9-26(33)31-25)30-14-19-2-4-20(5-3-19)15-32-11-10-21-12-24(7-6-22(21)16-32)34-17-23-13-27(23,28)29/h2-7,12,23,25,30H,1,8-11,13-17H2,(H,31,33). The van der Waals surface area contributed by atoms with Crippen LogP contribution in [0.2, 0.25) is 0 Å². The minimum Gasteiger partial charge on any atom is -0.493 e. The number of amides is 1. The zero-order valence-electron chi connectivity index (χ0n) is 19.3. The van der Waals surface area contributed by atoms with E-state index >= 15 is 0 Å². The van der Waals surface area contributed by atoms with Gasteiger partial charge in [0, 0.05) is 44.7 Å². The van der Waals surface area contributed by atoms with Crippen molar-refractivity contribution in [3.8, 4) is 5.75 Å². The van der Waals surface area contributed by atoms with E-state index in [4.69, 9.17) is 4.74 Å². The van der Waals surface area contributed by atoms with Crippen LogP contribution in [0.25, 0.3) is 0 Å². The van der Waals surface area contributed by atoms with Crippen molar-refractivity contribution in [2.75, 3.05) is 13.2 Å². The Labute approximate surface area is 199 Å². The number of hydrogen-bond acceptors (Lipinski definition) is 4. The van der Waals surface area contributed by atoms with Gasteiger partial charge in [-0.2, -0.15) is 0 Å². The number of nitrogens with zero attached hydrogens (tertiary/aromatic N) is 1. The molecule has 2 aliphatic heterocycles. The number of rotatable bonds is 9. The predicted molar refractivity (Wildman–Crippen MR) is 126 cm³/mol. The maximum Gasteiger partial charge on any atom is 0.255 e. The molecule has 2 unspecified atom stereocenters. The summed E-state index contributed by atoms with van der Waals surface area (Å²) in [6.45, 7) is 7.54. The third kappa shape index (κ3) is 5.41. The quantitative estimate of drug-likeness (QED) is 0.582. The summed E-state index contributed by atoms with van der Waals surface area (Å²) in [5.74, 6) is -2.38. The summed E-state index contributed by atoms with van der Waals surface area (Å²) in [5.41, 5.74) is 5.82. The van der Waals surface area contributed by atoms with Crippen LogP contribution in [0.4, 0.5) is 8.78 Å². The van der Waals surface area contributed by atoms with Crippen LogP contribution in [-0.4, -0.2) is 35.9 Å². The molecule has 1 saturated heterocycles. The van der Waals surface area contributed by atoms with Crippen LogP contribution in [0.1, 0.15) is 41.5 Å². The first-order valence-electron chi connectivity index (χ1n) is 12.0. The lowest BCUT2D eigenvalue weighted by atomic mass is 9.99. The zero-order chi connectivity index (χ0) is 23.7. The van der Waals surface area contributed by atoms with Crippen LogP contribution in [-0.2, 0) is 30.8 Å². The molecule has 0 spiro atoms. The Morgan fingerprint density at radius 2 is 1.91 bits per heavy atom. The van der Waals surface area contributed by atoms with Crippen LogP contribution in [0.15, 0.2) is 54.7 Å². The van der Waals surface area contributed by atoms with E-state index in [0.717, 1.165) is 38.2 Å². The minimum atomic E-state index is -2.54. The first-order chi connectivity index (χ1) is 16.4. The number of fused-ring (bicyclic) bond motifs is 1. The summed E-state index contributed by atoms with van der Waals surface area (Å²) in [4.78, 5) is 13.8. The van der Waals surface area contributed by atoms with Crippen LogP contribution < -0.4 is 15.4 Å². The molecule has 2 N–H and O–H groups in total. The molecule has 2 aromatic rings. The van der Waals surface area contributed by atoms with Crippen molar-refractivity contribution >= 4 is 5.91 Å². The second kappa shape index (κ2) is 9.37. The summed E-state index contributed by atoms with van der Waals surface area (Å²) in [6.07, 6.45) is 2.24. The van der Waals surface area contributed by atoms with Gasteiger partial charge in [0.25, 0.3) is 5.92 Å². The molecule has 7 heteroatoms. The molecule has 2 atom stereocenters. The molecule has 0 bridgehead atoms. The van der Waals surface area contributed by atoms with Crippen LogP contribution in [0.5, 0.6) is 5.75 Å². The summed E-state index contributed by atoms with van der Waals surface area (Å²) in [7, 11) is 0. The van der Waals surface area contributed by atoms with Crippen LogP contribution in [0.3, 0.4) is 0 Å². The molecule has 2 heterocycles. The Balaban J connectivity index is 1.09. The van der Waals surface area contributed by atoms with Gasteiger partial charge in [-0.3, -0.25) is 9.69 Å². The van der Waals surface area contributed by atoms with E-state index in [0.29, 0.717) is 18.7 Å². The molecule has 34 heavy (non-hydrogen) atoms. The van der Waals surface area contributed by atoms with E-state index in [-0.39, 0.29) is 25.0 Å². The molecule has 2 aromatic carbocycles. The molecule has 0 aromatic heterocycles. The Morgan fingerprint density at radius 1 is 1.15 bits per heavy atom. The van der Waals surface area contributed by atoms with Crippen molar-refractivity contribution in [3.05, 3.63) is 77.0 Å². The van der Waals surface area contributed by atoms with E-state index in [9.17, 15) is 13.6 Å². The lowest BCUT2D eigenvalue weighted by Crippen LogP contribution is -2.32. The number of hydrogen-bond donors (Lipinski definition) is 2. The predicted octanol–water partition coefficient (Wildman–Crippen LogP) is 4.16. The average molecular weight is 468 g/mol. The number of nitrogens with one attached hydrogen (secondary N) is 2. The van der Waals surface area contributed by atoms with E-state index in [1.165, 1.54) is 22.3 Å². The molecule has 1 amide bonds. The second-order valence-electron chi connectivity index (χ2n) is 9.72. The number of carbonyl (C=O) groups excluding carboxylic acids is 1. The first-order valence-corrected chi connectivity index (χ1v) is 12.0. The number of carbonyl (C=O) groups is 1. The van der Waals surface area contributed by atoms with Crippen molar-refractivity contribution in [2.24, 2.45) is 5.92 Å². The second-order valence-corrected chi connectivity index (χ2v) is 9.72. The lowest BCUT2D eigenvalue weighted by molar-refractivity contribution is -0.119. The summed E-state index contributed by atoms with van der Waals surface area (Å²) in [5, 5.41) is 6.26. The summed E-state index contributed by atoms with van der Waals surface area (Å²) in [6, 6.07) is 14.6. The number of ether oxygens (including phenoxy) is 1. The van der Waals surface area contributed by atoms with E-state index in [1.807, 2.05) is 12.1 Å².